The molecular formula is C57H38N6. The summed E-state index contributed by atoms with van der Waals surface area (Å²) in [5.41, 5.74) is 11.9. The zero-order valence-electron chi connectivity index (χ0n) is 34.1. The van der Waals surface area contributed by atoms with Gasteiger partial charge in [-0.15, -0.1) is 0 Å². The molecule has 296 valence electrons. The Balaban J connectivity index is 1.10. The Bertz CT molecular complexity index is 3870. The van der Waals surface area contributed by atoms with Crippen molar-refractivity contribution in [2.75, 3.05) is 0 Å². The van der Waals surface area contributed by atoms with Gasteiger partial charge >= 0.3 is 0 Å². The molecule has 0 aliphatic carbocycles. The monoisotopic (exact) mass is 806 g/mol. The number of hydrogen-bond acceptors (Lipinski definition) is 3. The summed E-state index contributed by atoms with van der Waals surface area (Å²) in [4.78, 5) is 11.0. The number of nitrogens with zero attached hydrogens (tertiary/aromatic N) is 5. The second-order valence-corrected chi connectivity index (χ2v) is 16.2. The number of para-hydroxylation sites is 3. The Kier molecular flexibility index (Phi) is 7.87. The van der Waals surface area contributed by atoms with Crippen LogP contribution in [-0.2, 0) is 0 Å². The van der Waals surface area contributed by atoms with Gasteiger partial charge in [-0.1, -0.05) is 158 Å². The summed E-state index contributed by atoms with van der Waals surface area (Å²) in [6.45, 7) is 0. The van der Waals surface area contributed by atoms with Crippen molar-refractivity contribution in [3.8, 4) is 33.9 Å². The molecule has 0 bridgehead atoms. The number of benzene rings is 9. The average molecular weight is 807 g/mol. The largest absolute Gasteiger partial charge is 0.344 e. The Morgan fingerprint density at radius 3 is 1.68 bits per heavy atom. The van der Waals surface area contributed by atoms with Crippen LogP contribution in [-0.4, -0.2) is 18.7 Å². The van der Waals surface area contributed by atoms with Gasteiger partial charge in [-0.2, -0.15) is 0 Å². The lowest BCUT2D eigenvalue weighted by Crippen LogP contribution is -2.44. The molecule has 13 rings (SSSR count). The van der Waals surface area contributed by atoms with Crippen molar-refractivity contribution >= 4 is 60.2 Å². The van der Waals surface area contributed by atoms with Gasteiger partial charge < -0.3 is 9.88 Å². The van der Waals surface area contributed by atoms with Crippen molar-refractivity contribution in [3.05, 3.63) is 235 Å². The highest BCUT2D eigenvalue weighted by Gasteiger charge is 2.27. The fourth-order valence-corrected chi connectivity index (χ4v) is 9.83. The van der Waals surface area contributed by atoms with Gasteiger partial charge in [0.15, 0.2) is 5.49 Å². The van der Waals surface area contributed by atoms with E-state index in [2.05, 4.69) is 231 Å². The van der Waals surface area contributed by atoms with E-state index in [1.54, 1.807) is 0 Å². The smallest absolute Gasteiger partial charge is 0.166 e. The number of imidazole rings is 1. The third-order valence-electron chi connectivity index (χ3n) is 12.7. The van der Waals surface area contributed by atoms with Gasteiger partial charge in [0, 0.05) is 38.5 Å². The molecule has 1 unspecified atom stereocenters. The van der Waals surface area contributed by atoms with Gasteiger partial charge in [-0.25, -0.2) is 9.98 Å². The predicted octanol–water partition coefficient (Wildman–Crippen LogP) is 12.1. The number of nitrogens with one attached hydrogen (secondary N) is 1. The Morgan fingerprint density at radius 2 is 0.952 bits per heavy atom. The molecule has 63 heavy (non-hydrogen) atoms. The minimum absolute atomic E-state index is 0.367. The Labute approximate surface area is 362 Å². The maximum Gasteiger partial charge on any atom is 0.166 e. The molecular weight excluding hydrogens is 769 g/mol. The minimum atomic E-state index is -0.367. The van der Waals surface area contributed by atoms with Gasteiger partial charge in [-0.05, 0) is 88.1 Å². The first-order valence-electron chi connectivity index (χ1n) is 21.5. The summed E-state index contributed by atoms with van der Waals surface area (Å²) in [6, 6.07) is 77.9. The van der Waals surface area contributed by atoms with Crippen LogP contribution in [0.25, 0.3) is 94.1 Å². The summed E-state index contributed by atoms with van der Waals surface area (Å²) < 4.78 is 6.98. The van der Waals surface area contributed by atoms with Gasteiger partial charge in [-0.3, -0.25) is 9.13 Å². The number of aromatic nitrogens is 4. The lowest BCUT2D eigenvalue weighted by molar-refractivity contribution is 0.604. The zero-order chi connectivity index (χ0) is 41.4. The van der Waals surface area contributed by atoms with Gasteiger partial charge in [0.05, 0.1) is 22.1 Å². The van der Waals surface area contributed by atoms with E-state index in [1.165, 1.54) is 48.9 Å². The fourth-order valence-electron chi connectivity index (χ4n) is 9.83. The second-order valence-electron chi connectivity index (χ2n) is 16.2. The molecule has 0 fully saturated rings. The van der Waals surface area contributed by atoms with Crippen molar-refractivity contribution in [1.29, 1.82) is 0 Å². The van der Waals surface area contributed by atoms with Gasteiger partial charge in [0.1, 0.15) is 23.2 Å². The molecule has 4 heterocycles. The minimum Gasteiger partial charge on any atom is -0.344 e. The molecule has 0 saturated carbocycles. The highest BCUT2D eigenvalue weighted by molar-refractivity contribution is 6.22. The van der Waals surface area contributed by atoms with E-state index in [0.29, 0.717) is 0 Å². The molecule has 3 aromatic heterocycles. The Hall–Kier alpha value is -8.48. The first-order valence-corrected chi connectivity index (χ1v) is 21.5. The van der Waals surface area contributed by atoms with E-state index >= 15 is 0 Å². The third-order valence-corrected chi connectivity index (χ3v) is 12.7. The molecule has 1 N–H and O–H groups in total. The van der Waals surface area contributed by atoms with Crippen LogP contribution in [0.2, 0.25) is 0 Å². The highest BCUT2D eigenvalue weighted by Crippen LogP contribution is 2.40. The predicted molar refractivity (Wildman–Crippen MR) is 258 cm³/mol. The number of hydrogen-bond donors (Lipinski definition) is 1. The molecule has 0 spiro atoms. The topological polar surface area (TPSA) is 52.1 Å². The van der Waals surface area contributed by atoms with E-state index in [4.69, 9.17) is 9.98 Å². The lowest BCUT2D eigenvalue weighted by Gasteiger charge is -2.23. The summed E-state index contributed by atoms with van der Waals surface area (Å²) in [7, 11) is 0. The Morgan fingerprint density at radius 1 is 0.397 bits per heavy atom. The van der Waals surface area contributed by atoms with E-state index in [9.17, 15) is 0 Å². The molecule has 1 aliphatic rings. The van der Waals surface area contributed by atoms with Crippen LogP contribution in [0.15, 0.2) is 223 Å². The van der Waals surface area contributed by atoms with Crippen molar-refractivity contribution in [2.45, 2.75) is 6.17 Å². The van der Waals surface area contributed by atoms with Gasteiger partial charge in [0.2, 0.25) is 0 Å². The van der Waals surface area contributed by atoms with Crippen LogP contribution in [0.5, 0.6) is 0 Å². The van der Waals surface area contributed by atoms with Crippen molar-refractivity contribution in [2.24, 2.45) is 4.99 Å². The fraction of sp³-hybridized carbons (Fsp3) is 0.0175. The maximum absolute atomic E-state index is 5.53. The first kappa shape index (κ1) is 35.3. The number of rotatable bonds is 6. The molecule has 9 aromatic carbocycles. The van der Waals surface area contributed by atoms with Crippen LogP contribution in [0.1, 0.15) is 11.7 Å². The molecule has 0 radical (unpaired) electrons. The molecule has 0 amide bonds. The quantitative estimate of drug-likeness (QED) is 0.182. The molecule has 0 saturated heterocycles. The van der Waals surface area contributed by atoms with Gasteiger partial charge in [0.25, 0.3) is 0 Å². The SMILES string of the molecule is c1ccc(-c2nc3c(n2-c2ccccc2)=NC(c2ccccc2)NC=3n2c3ccc(-c4ccc5c(c4)c4ccccc4n5-c4ccccc4)cc3c3c4ccccc4ccc32)cc1. The van der Waals surface area contributed by atoms with Crippen LogP contribution in [0.4, 0.5) is 0 Å². The van der Waals surface area contributed by atoms with Crippen molar-refractivity contribution < 1.29 is 0 Å². The van der Waals surface area contributed by atoms with E-state index in [0.717, 1.165) is 61.6 Å². The lowest BCUT2D eigenvalue weighted by atomic mass is 9.99. The molecule has 6 heteroatoms. The van der Waals surface area contributed by atoms with Crippen LogP contribution < -0.4 is 16.2 Å². The average Bonchev–Trinajstić information content (AvgIpc) is 4.02. The highest BCUT2D eigenvalue weighted by atomic mass is 15.3. The van der Waals surface area contributed by atoms with Crippen molar-refractivity contribution in [3.63, 3.8) is 0 Å². The van der Waals surface area contributed by atoms with Crippen LogP contribution in [0.3, 0.4) is 0 Å². The normalized spacial score (nSPS) is 13.8. The number of fused-ring (bicyclic) bond motifs is 9. The third kappa shape index (κ3) is 5.51. The summed E-state index contributed by atoms with van der Waals surface area (Å²) in [5.74, 6) is 1.72. The van der Waals surface area contributed by atoms with E-state index in [-0.39, 0.29) is 6.17 Å². The molecule has 1 aliphatic heterocycles. The second kappa shape index (κ2) is 14.0. The zero-order valence-corrected chi connectivity index (χ0v) is 34.1. The summed E-state index contributed by atoms with van der Waals surface area (Å²) in [5, 5.41) is 12.0. The summed E-state index contributed by atoms with van der Waals surface area (Å²) >= 11 is 0. The first-order chi connectivity index (χ1) is 31.3. The maximum atomic E-state index is 5.53. The van der Waals surface area contributed by atoms with Crippen molar-refractivity contribution in [1.82, 2.24) is 24.0 Å². The van der Waals surface area contributed by atoms with E-state index in [1.807, 2.05) is 6.07 Å². The van der Waals surface area contributed by atoms with E-state index < -0.39 is 0 Å². The van der Waals surface area contributed by atoms with Crippen LogP contribution in [0, 0.1) is 0 Å². The standard InChI is InChI=1S/C57H38N6/c1-5-18-38(19-6-1)54-59-56-53(58-55(39-20-7-2-8-21-39)62(56)43-24-11-4-12-25-43)57(60-54)63-50-33-31-41(36-47(50)52-44-26-14-13-17-37(44)29-34-51(52)63)40-30-32-49-46(35-40)45-27-15-16-28-48(45)61(49)42-22-9-3-10-23-42/h1-36,54,60H. The molecule has 1 atom stereocenters. The molecule has 12 aromatic rings. The summed E-state index contributed by atoms with van der Waals surface area (Å²) in [6.07, 6.45) is -0.367. The van der Waals surface area contributed by atoms with Crippen LogP contribution >= 0.6 is 0 Å². The molecule has 6 nitrogen and oxygen atoms in total.